The number of aromatic nitrogens is 1. The number of pyridine rings is 1. The SMILES string of the molecule is O=C(CCNc1cccnc1[N+](=O)[O-])NC1CC1. The molecule has 0 saturated heterocycles. The molecule has 1 amide bonds. The minimum absolute atomic E-state index is 0.0310. The van der Waals surface area contributed by atoms with Crippen LogP contribution in [0.1, 0.15) is 19.3 Å². The van der Waals surface area contributed by atoms with Gasteiger partial charge in [-0.2, -0.15) is 0 Å². The summed E-state index contributed by atoms with van der Waals surface area (Å²) in [4.78, 5) is 25.2. The smallest absolute Gasteiger partial charge is 0.378 e. The van der Waals surface area contributed by atoms with E-state index >= 15 is 0 Å². The van der Waals surface area contributed by atoms with Gasteiger partial charge in [0.1, 0.15) is 11.9 Å². The molecule has 0 radical (unpaired) electrons. The Morgan fingerprint density at radius 3 is 3.00 bits per heavy atom. The van der Waals surface area contributed by atoms with E-state index in [0.717, 1.165) is 12.8 Å². The van der Waals surface area contributed by atoms with Gasteiger partial charge in [-0.3, -0.25) is 4.79 Å². The summed E-state index contributed by atoms with van der Waals surface area (Å²) in [7, 11) is 0. The van der Waals surface area contributed by atoms with E-state index in [4.69, 9.17) is 0 Å². The first kappa shape index (κ1) is 12.3. The van der Waals surface area contributed by atoms with Crippen LogP contribution in [0.2, 0.25) is 0 Å². The molecule has 0 unspecified atom stereocenters. The lowest BCUT2D eigenvalue weighted by Gasteiger charge is -2.06. The van der Waals surface area contributed by atoms with Crippen LogP contribution in [0.5, 0.6) is 0 Å². The summed E-state index contributed by atoms with van der Waals surface area (Å²) >= 11 is 0. The van der Waals surface area contributed by atoms with Crippen LogP contribution in [-0.2, 0) is 4.79 Å². The Labute approximate surface area is 104 Å². The average molecular weight is 250 g/mol. The van der Waals surface area contributed by atoms with Crippen LogP contribution >= 0.6 is 0 Å². The molecule has 0 aliphatic heterocycles. The van der Waals surface area contributed by atoms with Crippen LogP contribution in [0.4, 0.5) is 11.5 Å². The normalized spacial score (nSPS) is 14.0. The molecule has 1 saturated carbocycles. The maximum absolute atomic E-state index is 11.4. The van der Waals surface area contributed by atoms with Crippen molar-refractivity contribution in [2.24, 2.45) is 0 Å². The Balaban J connectivity index is 1.82. The highest BCUT2D eigenvalue weighted by molar-refractivity contribution is 5.77. The van der Waals surface area contributed by atoms with Crippen molar-refractivity contribution in [1.82, 2.24) is 10.3 Å². The quantitative estimate of drug-likeness (QED) is 0.581. The van der Waals surface area contributed by atoms with Gasteiger partial charge in [-0.1, -0.05) is 0 Å². The molecule has 1 aromatic rings. The summed E-state index contributed by atoms with van der Waals surface area (Å²) in [5.41, 5.74) is 0.335. The largest absolute Gasteiger partial charge is 0.386 e. The molecule has 7 nitrogen and oxygen atoms in total. The van der Waals surface area contributed by atoms with Gasteiger partial charge in [0.2, 0.25) is 5.91 Å². The summed E-state index contributed by atoms with van der Waals surface area (Å²) in [5.74, 6) is -0.253. The number of nitro groups is 1. The molecule has 2 N–H and O–H groups in total. The second-order valence-corrected chi connectivity index (χ2v) is 4.15. The first-order valence-corrected chi connectivity index (χ1v) is 5.79. The number of anilines is 1. The molecular weight excluding hydrogens is 236 g/mol. The Bertz CT molecular complexity index is 459. The molecule has 1 heterocycles. The predicted octanol–water partition coefficient (Wildman–Crippen LogP) is 1.07. The fourth-order valence-electron chi connectivity index (χ4n) is 1.52. The van der Waals surface area contributed by atoms with Crippen molar-refractivity contribution in [1.29, 1.82) is 0 Å². The van der Waals surface area contributed by atoms with Gasteiger partial charge in [-0.05, 0) is 34.9 Å². The number of rotatable bonds is 6. The molecule has 0 spiro atoms. The molecule has 1 aliphatic carbocycles. The van der Waals surface area contributed by atoms with E-state index in [1.807, 2.05) is 0 Å². The highest BCUT2D eigenvalue weighted by Gasteiger charge is 2.22. The molecule has 18 heavy (non-hydrogen) atoms. The molecule has 1 aliphatic rings. The molecule has 96 valence electrons. The fourth-order valence-corrected chi connectivity index (χ4v) is 1.52. The maximum Gasteiger partial charge on any atom is 0.386 e. The van der Waals surface area contributed by atoms with E-state index in [0.29, 0.717) is 24.7 Å². The Hall–Kier alpha value is -2.18. The van der Waals surface area contributed by atoms with Gasteiger partial charge in [0.25, 0.3) is 0 Å². The highest BCUT2D eigenvalue weighted by Crippen LogP contribution is 2.20. The van der Waals surface area contributed by atoms with Crippen LogP contribution in [0.15, 0.2) is 18.3 Å². The zero-order chi connectivity index (χ0) is 13.0. The van der Waals surface area contributed by atoms with Gasteiger partial charge >= 0.3 is 5.82 Å². The van der Waals surface area contributed by atoms with Gasteiger partial charge in [0.05, 0.1) is 0 Å². The summed E-state index contributed by atoms with van der Waals surface area (Å²) in [6.45, 7) is 0.352. The van der Waals surface area contributed by atoms with Crippen molar-refractivity contribution in [2.45, 2.75) is 25.3 Å². The van der Waals surface area contributed by atoms with E-state index in [-0.39, 0.29) is 11.7 Å². The van der Waals surface area contributed by atoms with E-state index in [9.17, 15) is 14.9 Å². The minimum Gasteiger partial charge on any atom is -0.378 e. The third-order valence-electron chi connectivity index (χ3n) is 2.57. The van der Waals surface area contributed by atoms with Crippen molar-refractivity contribution in [3.63, 3.8) is 0 Å². The number of hydrogen-bond donors (Lipinski definition) is 2. The van der Waals surface area contributed by atoms with E-state index in [2.05, 4.69) is 15.6 Å². The summed E-state index contributed by atoms with van der Waals surface area (Å²) < 4.78 is 0. The van der Waals surface area contributed by atoms with Gasteiger partial charge in [-0.25, -0.2) is 0 Å². The van der Waals surface area contributed by atoms with Crippen molar-refractivity contribution >= 4 is 17.4 Å². The molecule has 0 atom stereocenters. The molecule has 0 aromatic carbocycles. The lowest BCUT2D eigenvalue weighted by molar-refractivity contribution is -0.388. The van der Waals surface area contributed by atoms with Gasteiger partial charge < -0.3 is 20.7 Å². The van der Waals surface area contributed by atoms with Crippen molar-refractivity contribution in [2.75, 3.05) is 11.9 Å². The number of hydrogen-bond acceptors (Lipinski definition) is 5. The van der Waals surface area contributed by atoms with Gasteiger partial charge in [0.15, 0.2) is 0 Å². The first-order chi connectivity index (χ1) is 8.66. The van der Waals surface area contributed by atoms with Crippen LogP contribution in [-0.4, -0.2) is 28.4 Å². The first-order valence-electron chi connectivity index (χ1n) is 5.79. The predicted molar refractivity (Wildman–Crippen MR) is 65.2 cm³/mol. The molecule has 0 bridgehead atoms. The van der Waals surface area contributed by atoms with Gasteiger partial charge in [-0.15, -0.1) is 0 Å². The summed E-state index contributed by atoms with van der Waals surface area (Å²) in [6, 6.07) is 3.52. The standard InChI is InChI=1S/C11H14N4O3/c16-10(14-8-3-4-8)5-7-12-9-2-1-6-13-11(9)15(17)18/h1-2,6,8,12H,3-5,7H2,(H,14,16). The molecule has 7 heteroatoms. The average Bonchev–Trinajstić information content (AvgIpc) is 3.13. The molecular formula is C11H14N4O3. The van der Waals surface area contributed by atoms with E-state index in [1.54, 1.807) is 12.1 Å². The second kappa shape index (κ2) is 5.44. The lowest BCUT2D eigenvalue weighted by atomic mass is 10.3. The van der Waals surface area contributed by atoms with Crippen LogP contribution in [0, 0.1) is 10.1 Å². The maximum atomic E-state index is 11.4. The Kier molecular flexibility index (Phi) is 3.71. The fraction of sp³-hybridized carbons (Fsp3) is 0.455. The zero-order valence-corrected chi connectivity index (χ0v) is 9.76. The third-order valence-corrected chi connectivity index (χ3v) is 2.57. The number of carbonyl (C=O) groups excluding carboxylic acids is 1. The zero-order valence-electron chi connectivity index (χ0n) is 9.76. The van der Waals surface area contributed by atoms with Crippen molar-refractivity contribution < 1.29 is 9.72 Å². The van der Waals surface area contributed by atoms with Crippen LogP contribution in [0.3, 0.4) is 0 Å². The second-order valence-electron chi connectivity index (χ2n) is 4.15. The van der Waals surface area contributed by atoms with Crippen molar-refractivity contribution in [3.05, 3.63) is 28.4 Å². The van der Waals surface area contributed by atoms with E-state index < -0.39 is 4.92 Å². The van der Waals surface area contributed by atoms with Crippen LogP contribution < -0.4 is 10.6 Å². The number of nitrogens with zero attached hydrogens (tertiary/aromatic N) is 2. The monoisotopic (exact) mass is 250 g/mol. The lowest BCUT2D eigenvalue weighted by Crippen LogP contribution is -2.27. The highest BCUT2D eigenvalue weighted by atomic mass is 16.6. The summed E-state index contributed by atoms with van der Waals surface area (Å²) in [6.07, 6.45) is 3.76. The number of carbonyl (C=O) groups is 1. The Morgan fingerprint density at radius 2 is 2.33 bits per heavy atom. The minimum atomic E-state index is -0.549. The topological polar surface area (TPSA) is 97.2 Å². The number of nitrogens with one attached hydrogen (secondary N) is 2. The van der Waals surface area contributed by atoms with Gasteiger partial charge in [0, 0.05) is 19.0 Å². The molecule has 2 rings (SSSR count). The van der Waals surface area contributed by atoms with Crippen molar-refractivity contribution in [3.8, 4) is 0 Å². The molecule has 1 fully saturated rings. The third kappa shape index (κ3) is 3.41. The van der Waals surface area contributed by atoms with E-state index in [1.165, 1.54) is 6.20 Å². The molecule has 1 aromatic heterocycles. The number of amides is 1. The summed E-state index contributed by atoms with van der Waals surface area (Å²) in [5, 5.41) is 16.4. The Morgan fingerprint density at radius 1 is 1.56 bits per heavy atom. The van der Waals surface area contributed by atoms with Crippen LogP contribution in [0.25, 0.3) is 0 Å².